The molecule has 0 heterocycles. The number of rotatable bonds is 6. The van der Waals surface area contributed by atoms with E-state index in [9.17, 15) is 13.6 Å². The molecule has 0 spiro atoms. The van der Waals surface area contributed by atoms with Crippen LogP contribution in [0.5, 0.6) is 0 Å². The van der Waals surface area contributed by atoms with Crippen LogP contribution in [0.1, 0.15) is 20.3 Å². The monoisotopic (exact) mass is 269 g/mol. The normalized spacial score (nSPS) is 11.5. The fraction of sp³-hybridized carbons (Fsp3) is 0.357. The van der Waals surface area contributed by atoms with E-state index in [4.69, 9.17) is 5.11 Å². The second kappa shape index (κ2) is 6.87. The molecule has 0 radical (unpaired) electrons. The number of carboxylic acid groups (broad SMARTS) is 1. The molecule has 3 nitrogen and oxygen atoms in total. The Kier molecular flexibility index (Phi) is 5.48. The van der Waals surface area contributed by atoms with Crippen LogP contribution in [0.3, 0.4) is 0 Å². The lowest BCUT2D eigenvalue weighted by Crippen LogP contribution is -2.24. The SMILES string of the molecule is CCN(CCC=C(C)C(=O)O)c1cc(F)cc(F)c1. The number of nitrogens with zero attached hydrogens (tertiary/aromatic N) is 1. The van der Waals surface area contributed by atoms with E-state index in [1.54, 1.807) is 11.0 Å². The van der Waals surface area contributed by atoms with Crippen LogP contribution in [0.4, 0.5) is 14.5 Å². The first-order valence-electron chi connectivity index (χ1n) is 6.05. The van der Waals surface area contributed by atoms with Gasteiger partial charge in [-0.25, -0.2) is 13.6 Å². The number of benzene rings is 1. The van der Waals surface area contributed by atoms with Crippen molar-refractivity contribution < 1.29 is 18.7 Å². The van der Waals surface area contributed by atoms with Crippen LogP contribution < -0.4 is 4.90 Å². The van der Waals surface area contributed by atoms with Gasteiger partial charge >= 0.3 is 5.97 Å². The first-order valence-corrected chi connectivity index (χ1v) is 6.05. The van der Waals surface area contributed by atoms with E-state index >= 15 is 0 Å². The zero-order chi connectivity index (χ0) is 14.4. The number of hydrogen-bond acceptors (Lipinski definition) is 2. The van der Waals surface area contributed by atoms with E-state index in [0.717, 1.165) is 6.07 Å². The maximum absolute atomic E-state index is 13.1. The van der Waals surface area contributed by atoms with Crippen LogP contribution in [-0.4, -0.2) is 24.2 Å². The van der Waals surface area contributed by atoms with Gasteiger partial charge in [0.25, 0.3) is 0 Å². The molecule has 104 valence electrons. The molecule has 0 bridgehead atoms. The lowest BCUT2D eigenvalue weighted by Gasteiger charge is -2.22. The number of anilines is 1. The summed E-state index contributed by atoms with van der Waals surface area (Å²) >= 11 is 0. The van der Waals surface area contributed by atoms with Gasteiger partial charge in [-0.2, -0.15) is 0 Å². The predicted octanol–water partition coefficient (Wildman–Crippen LogP) is 3.21. The fourth-order valence-corrected chi connectivity index (χ4v) is 1.72. The second-order valence-corrected chi connectivity index (χ2v) is 4.19. The summed E-state index contributed by atoms with van der Waals surface area (Å²) in [6, 6.07) is 3.35. The Hall–Kier alpha value is -1.91. The second-order valence-electron chi connectivity index (χ2n) is 4.19. The molecule has 5 heteroatoms. The lowest BCUT2D eigenvalue weighted by atomic mass is 10.2. The van der Waals surface area contributed by atoms with Crippen LogP contribution in [0.15, 0.2) is 29.8 Å². The van der Waals surface area contributed by atoms with Crippen molar-refractivity contribution >= 4 is 11.7 Å². The van der Waals surface area contributed by atoms with E-state index in [0.29, 0.717) is 25.2 Å². The molecule has 0 aliphatic heterocycles. The summed E-state index contributed by atoms with van der Waals surface area (Å²) in [4.78, 5) is 12.4. The molecule has 0 unspecified atom stereocenters. The standard InChI is InChI=1S/C14H17F2NO2/c1-3-17(6-4-5-10(2)14(18)19)13-8-11(15)7-12(16)9-13/h5,7-9H,3-4,6H2,1-2H3,(H,18,19). The van der Waals surface area contributed by atoms with Crippen molar-refractivity contribution in [3.8, 4) is 0 Å². The average Bonchev–Trinajstić information content (AvgIpc) is 2.32. The Morgan fingerprint density at radius 3 is 2.37 bits per heavy atom. The van der Waals surface area contributed by atoms with E-state index in [2.05, 4.69) is 0 Å². The Bertz CT molecular complexity index is 466. The van der Waals surface area contributed by atoms with E-state index in [1.807, 2.05) is 6.92 Å². The predicted molar refractivity (Wildman–Crippen MR) is 70.3 cm³/mol. The highest BCUT2D eigenvalue weighted by atomic mass is 19.1. The average molecular weight is 269 g/mol. The highest BCUT2D eigenvalue weighted by molar-refractivity contribution is 5.85. The summed E-state index contributed by atoms with van der Waals surface area (Å²) < 4.78 is 26.2. The Balaban J connectivity index is 2.73. The van der Waals surface area contributed by atoms with Crippen molar-refractivity contribution in [2.24, 2.45) is 0 Å². The fourth-order valence-electron chi connectivity index (χ4n) is 1.72. The Morgan fingerprint density at radius 1 is 1.32 bits per heavy atom. The number of carboxylic acids is 1. The Morgan fingerprint density at radius 2 is 1.89 bits per heavy atom. The zero-order valence-corrected chi connectivity index (χ0v) is 11.0. The van der Waals surface area contributed by atoms with Crippen molar-refractivity contribution in [3.63, 3.8) is 0 Å². The summed E-state index contributed by atoms with van der Waals surface area (Å²) in [6.45, 7) is 4.48. The quantitative estimate of drug-likeness (QED) is 0.806. The number of hydrogen-bond donors (Lipinski definition) is 1. The third-order valence-corrected chi connectivity index (χ3v) is 2.78. The van der Waals surface area contributed by atoms with Gasteiger partial charge in [-0.15, -0.1) is 0 Å². The third-order valence-electron chi connectivity index (χ3n) is 2.78. The van der Waals surface area contributed by atoms with Crippen LogP contribution in [0.25, 0.3) is 0 Å². The van der Waals surface area contributed by atoms with Gasteiger partial charge in [0.1, 0.15) is 11.6 Å². The third kappa shape index (κ3) is 4.69. The summed E-state index contributed by atoms with van der Waals surface area (Å²) in [5.41, 5.74) is 0.725. The van der Waals surface area contributed by atoms with E-state index in [1.165, 1.54) is 19.1 Å². The molecule has 1 aromatic rings. The molecule has 0 aromatic heterocycles. The zero-order valence-electron chi connectivity index (χ0n) is 11.0. The molecule has 0 saturated carbocycles. The number of halogens is 2. The number of aliphatic carboxylic acids is 1. The topological polar surface area (TPSA) is 40.5 Å². The minimum Gasteiger partial charge on any atom is -0.478 e. The van der Waals surface area contributed by atoms with Crippen LogP contribution in [0, 0.1) is 11.6 Å². The van der Waals surface area contributed by atoms with Crippen molar-refractivity contribution in [2.45, 2.75) is 20.3 Å². The summed E-state index contributed by atoms with van der Waals surface area (Å²) in [5.74, 6) is -2.20. The van der Waals surface area contributed by atoms with Crippen molar-refractivity contribution in [2.75, 3.05) is 18.0 Å². The van der Waals surface area contributed by atoms with Crippen molar-refractivity contribution in [3.05, 3.63) is 41.5 Å². The highest BCUT2D eigenvalue weighted by Crippen LogP contribution is 2.18. The number of carbonyl (C=O) groups is 1. The molecule has 1 aromatic carbocycles. The van der Waals surface area contributed by atoms with Gasteiger partial charge in [-0.05, 0) is 32.4 Å². The van der Waals surface area contributed by atoms with Gasteiger partial charge in [0, 0.05) is 30.4 Å². The maximum atomic E-state index is 13.1. The van der Waals surface area contributed by atoms with Gasteiger partial charge < -0.3 is 10.0 Å². The highest BCUT2D eigenvalue weighted by Gasteiger charge is 2.07. The van der Waals surface area contributed by atoms with Crippen molar-refractivity contribution in [1.82, 2.24) is 0 Å². The summed E-state index contributed by atoms with van der Waals surface area (Å²) in [6.07, 6.45) is 2.10. The van der Waals surface area contributed by atoms with Gasteiger partial charge in [-0.3, -0.25) is 0 Å². The van der Waals surface area contributed by atoms with Gasteiger partial charge in [0.05, 0.1) is 0 Å². The molecular weight excluding hydrogens is 252 g/mol. The van der Waals surface area contributed by atoms with E-state index in [-0.39, 0.29) is 5.57 Å². The van der Waals surface area contributed by atoms with Crippen molar-refractivity contribution in [1.29, 1.82) is 0 Å². The molecule has 0 amide bonds. The van der Waals surface area contributed by atoms with Crippen LogP contribution >= 0.6 is 0 Å². The molecule has 1 rings (SSSR count). The summed E-state index contributed by atoms with van der Waals surface area (Å²) in [7, 11) is 0. The molecule has 0 aliphatic carbocycles. The molecule has 0 fully saturated rings. The molecule has 0 atom stereocenters. The molecule has 19 heavy (non-hydrogen) atoms. The van der Waals surface area contributed by atoms with E-state index < -0.39 is 17.6 Å². The summed E-state index contributed by atoms with van der Waals surface area (Å²) in [5, 5.41) is 8.71. The maximum Gasteiger partial charge on any atom is 0.330 e. The minimum atomic E-state index is -0.958. The van der Waals surface area contributed by atoms with Gasteiger partial charge in [-0.1, -0.05) is 6.08 Å². The lowest BCUT2D eigenvalue weighted by molar-refractivity contribution is -0.132. The van der Waals surface area contributed by atoms with Crippen LogP contribution in [0.2, 0.25) is 0 Å². The largest absolute Gasteiger partial charge is 0.478 e. The first-order chi connectivity index (χ1) is 8.93. The Labute approximate surface area is 111 Å². The molecule has 0 aliphatic rings. The molecular formula is C14H17F2NO2. The van der Waals surface area contributed by atoms with Gasteiger partial charge in [0.2, 0.25) is 0 Å². The molecule has 0 saturated heterocycles. The molecule has 1 N–H and O–H groups in total. The van der Waals surface area contributed by atoms with Crippen LogP contribution in [-0.2, 0) is 4.79 Å². The minimum absolute atomic E-state index is 0.265. The first kappa shape index (κ1) is 15.1. The van der Waals surface area contributed by atoms with Gasteiger partial charge in [0.15, 0.2) is 0 Å². The smallest absolute Gasteiger partial charge is 0.330 e.